The van der Waals surface area contributed by atoms with Crippen LogP contribution in [0.2, 0.25) is 0 Å². The van der Waals surface area contributed by atoms with Crippen molar-refractivity contribution in [2.75, 3.05) is 19.8 Å². The Hall–Kier alpha value is -1.13. The minimum Gasteiger partial charge on any atom is -0.457 e. The van der Waals surface area contributed by atoms with Crippen molar-refractivity contribution in [1.82, 2.24) is 0 Å². The number of esters is 1. The van der Waals surface area contributed by atoms with E-state index in [-0.39, 0.29) is 12.6 Å². The minimum atomic E-state index is -0.533. The number of allylic oxidation sites excluding steroid dienone is 4. The molecule has 0 saturated carbocycles. The lowest BCUT2D eigenvalue weighted by Crippen LogP contribution is -2.27. The predicted octanol–water partition coefficient (Wildman–Crippen LogP) is 8.86. The van der Waals surface area contributed by atoms with E-state index in [0.717, 1.165) is 38.5 Å². The summed E-state index contributed by atoms with van der Waals surface area (Å²) >= 11 is 0. The number of ether oxygens (including phenoxy) is 2. The molecule has 206 valence electrons. The van der Waals surface area contributed by atoms with E-state index in [1.165, 1.54) is 83.5 Å². The summed E-state index contributed by atoms with van der Waals surface area (Å²) in [5, 5.41) is 9.44. The second-order valence-corrected chi connectivity index (χ2v) is 9.82. The second kappa shape index (κ2) is 29.1. The summed E-state index contributed by atoms with van der Waals surface area (Å²) in [6.45, 7) is 5.27. The van der Waals surface area contributed by atoms with Crippen LogP contribution in [0.1, 0.15) is 142 Å². The largest absolute Gasteiger partial charge is 0.457 e. The molecule has 1 N–H and O–H groups in total. The van der Waals surface area contributed by atoms with Gasteiger partial charge in [-0.1, -0.05) is 115 Å². The van der Waals surface area contributed by atoms with Gasteiger partial charge in [-0.05, 0) is 44.9 Å². The van der Waals surface area contributed by atoms with Gasteiger partial charge in [-0.15, -0.1) is 0 Å². The third-order valence-corrected chi connectivity index (χ3v) is 6.28. The maximum Gasteiger partial charge on any atom is 0.306 e. The Morgan fingerprint density at radius 2 is 1.20 bits per heavy atom. The fourth-order valence-electron chi connectivity index (χ4n) is 4.00. The first-order chi connectivity index (χ1) is 17.2. The van der Waals surface area contributed by atoms with Crippen molar-refractivity contribution in [2.45, 2.75) is 148 Å². The molecule has 0 aliphatic rings. The van der Waals surface area contributed by atoms with Crippen LogP contribution in [0.25, 0.3) is 0 Å². The molecule has 0 aliphatic carbocycles. The zero-order valence-corrected chi connectivity index (χ0v) is 23.3. The number of hydrogen-bond acceptors (Lipinski definition) is 4. The lowest BCUT2D eigenvalue weighted by molar-refractivity contribution is -0.154. The topological polar surface area (TPSA) is 55.8 Å². The number of aliphatic hydroxyl groups is 1. The monoisotopic (exact) mass is 494 g/mol. The summed E-state index contributed by atoms with van der Waals surface area (Å²) in [7, 11) is 0. The molecule has 0 bridgehead atoms. The molecular formula is C31H58O4. The van der Waals surface area contributed by atoms with Gasteiger partial charge < -0.3 is 14.6 Å². The Bertz CT molecular complexity index is 486. The molecule has 0 radical (unpaired) electrons. The first-order valence-electron chi connectivity index (χ1n) is 14.9. The molecule has 0 aliphatic heterocycles. The highest BCUT2D eigenvalue weighted by Crippen LogP contribution is 2.10. The number of hydrogen-bond donors (Lipinski definition) is 1. The van der Waals surface area contributed by atoms with Crippen molar-refractivity contribution in [1.29, 1.82) is 0 Å². The maximum absolute atomic E-state index is 12.0. The van der Waals surface area contributed by atoms with Gasteiger partial charge in [0.2, 0.25) is 0 Å². The van der Waals surface area contributed by atoms with Crippen LogP contribution in [0.3, 0.4) is 0 Å². The molecule has 0 spiro atoms. The molecule has 0 fully saturated rings. The van der Waals surface area contributed by atoms with Gasteiger partial charge in [0.1, 0.15) is 6.10 Å². The second-order valence-electron chi connectivity index (χ2n) is 9.82. The molecule has 4 heteroatoms. The van der Waals surface area contributed by atoms with E-state index in [2.05, 4.69) is 38.2 Å². The van der Waals surface area contributed by atoms with Crippen molar-refractivity contribution in [3.8, 4) is 0 Å². The molecule has 0 amide bonds. The van der Waals surface area contributed by atoms with Gasteiger partial charge in [0.15, 0.2) is 0 Å². The van der Waals surface area contributed by atoms with E-state index in [4.69, 9.17) is 9.47 Å². The van der Waals surface area contributed by atoms with Gasteiger partial charge in [-0.3, -0.25) is 4.79 Å². The van der Waals surface area contributed by atoms with Gasteiger partial charge in [-0.25, -0.2) is 0 Å². The summed E-state index contributed by atoms with van der Waals surface area (Å²) in [5.41, 5.74) is 0. The Labute approximate surface area is 217 Å². The lowest BCUT2D eigenvalue weighted by atomic mass is 10.1. The van der Waals surface area contributed by atoms with Gasteiger partial charge in [-0.2, -0.15) is 0 Å². The zero-order chi connectivity index (χ0) is 25.7. The summed E-state index contributed by atoms with van der Waals surface area (Å²) in [6.07, 6.45) is 32.0. The summed E-state index contributed by atoms with van der Waals surface area (Å²) < 4.78 is 11.0. The highest BCUT2D eigenvalue weighted by Gasteiger charge is 2.13. The van der Waals surface area contributed by atoms with Gasteiger partial charge >= 0.3 is 5.97 Å². The van der Waals surface area contributed by atoms with Crippen molar-refractivity contribution in [3.63, 3.8) is 0 Å². The van der Waals surface area contributed by atoms with E-state index < -0.39 is 6.10 Å². The molecule has 0 aromatic carbocycles. The first kappa shape index (κ1) is 33.9. The van der Waals surface area contributed by atoms with Gasteiger partial charge in [0, 0.05) is 13.0 Å². The van der Waals surface area contributed by atoms with E-state index >= 15 is 0 Å². The molecule has 1 atom stereocenters. The molecule has 0 heterocycles. The summed E-state index contributed by atoms with van der Waals surface area (Å²) in [5.74, 6) is -0.218. The molecule has 35 heavy (non-hydrogen) atoms. The fourth-order valence-corrected chi connectivity index (χ4v) is 4.00. The molecule has 0 rings (SSSR count). The summed E-state index contributed by atoms with van der Waals surface area (Å²) in [4.78, 5) is 12.0. The van der Waals surface area contributed by atoms with Crippen LogP contribution in [-0.2, 0) is 14.3 Å². The van der Waals surface area contributed by atoms with Crippen LogP contribution < -0.4 is 0 Å². The average Bonchev–Trinajstić information content (AvgIpc) is 2.86. The number of aliphatic hydroxyl groups excluding tert-OH is 1. The van der Waals surface area contributed by atoms with Gasteiger partial charge in [0.05, 0.1) is 13.2 Å². The Balaban J connectivity index is 3.50. The Morgan fingerprint density at radius 1 is 0.686 bits per heavy atom. The van der Waals surface area contributed by atoms with Crippen molar-refractivity contribution >= 4 is 5.97 Å². The van der Waals surface area contributed by atoms with Crippen LogP contribution in [0.5, 0.6) is 0 Å². The molecule has 4 nitrogen and oxygen atoms in total. The lowest BCUT2D eigenvalue weighted by Gasteiger charge is -2.15. The van der Waals surface area contributed by atoms with Crippen LogP contribution in [-0.4, -0.2) is 37.0 Å². The van der Waals surface area contributed by atoms with E-state index in [9.17, 15) is 9.90 Å². The standard InChI is InChI=1S/C31H58O4/c1-3-5-7-9-11-12-13-14-15-16-17-18-19-20-22-24-26-31(33)35-30(28-32)29-34-27-25-23-21-10-8-6-4-2/h12-13,15-16,30,32H,3-11,14,17-29H2,1-2H3/b13-12-,16-15-. The number of carbonyl (C=O) groups excluding carboxylic acids is 1. The SMILES string of the molecule is CCCCCC/C=C\C/C=C\CCCCCCCC(=O)OC(CO)COCCCCCCCCC. The fraction of sp³-hybridized carbons (Fsp3) is 0.839. The van der Waals surface area contributed by atoms with E-state index in [0.29, 0.717) is 19.6 Å². The summed E-state index contributed by atoms with van der Waals surface area (Å²) in [6, 6.07) is 0. The van der Waals surface area contributed by atoms with Crippen molar-refractivity contribution in [2.24, 2.45) is 0 Å². The highest BCUT2D eigenvalue weighted by molar-refractivity contribution is 5.69. The van der Waals surface area contributed by atoms with Crippen LogP contribution in [0.4, 0.5) is 0 Å². The van der Waals surface area contributed by atoms with Crippen LogP contribution >= 0.6 is 0 Å². The molecule has 0 aromatic heterocycles. The molecule has 0 aromatic rings. The Kier molecular flexibility index (Phi) is 28.2. The number of unbranched alkanes of at least 4 members (excludes halogenated alkanes) is 15. The Morgan fingerprint density at radius 3 is 1.80 bits per heavy atom. The minimum absolute atomic E-state index is 0.176. The van der Waals surface area contributed by atoms with Gasteiger partial charge in [0.25, 0.3) is 0 Å². The van der Waals surface area contributed by atoms with Crippen molar-refractivity contribution in [3.05, 3.63) is 24.3 Å². The highest BCUT2D eigenvalue weighted by atomic mass is 16.6. The first-order valence-corrected chi connectivity index (χ1v) is 14.9. The van der Waals surface area contributed by atoms with Crippen molar-refractivity contribution < 1.29 is 19.4 Å². The normalized spacial score (nSPS) is 12.7. The third kappa shape index (κ3) is 27.3. The maximum atomic E-state index is 12.0. The quantitative estimate of drug-likeness (QED) is 0.0703. The van der Waals surface area contributed by atoms with Crippen LogP contribution in [0, 0.1) is 0 Å². The molecule has 1 unspecified atom stereocenters. The zero-order valence-electron chi connectivity index (χ0n) is 23.3. The smallest absolute Gasteiger partial charge is 0.306 e. The molecular weight excluding hydrogens is 436 g/mol. The van der Waals surface area contributed by atoms with E-state index in [1.807, 2.05) is 0 Å². The molecule has 0 saturated heterocycles. The third-order valence-electron chi connectivity index (χ3n) is 6.28. The van der Waals surface area contributed by atoms with E-state index in [1.54, 1.807) is 0 Å². The van der Waals surface area contributed by atoms with Crippen LogP contribution in [0.15, 0.2) is 24.3 Å². The number of rotatable bonds is 27. The average molecular weight is 495 g/mol. The predicted molar refractivity (Wildman–Crippen MR) is 150 cm³/mol. The number of carbonyl (C=O) groups is 1.